The van der Waals surface area contributed by atoms with Crippen molar-refractivity contribution in [1.82, 2.24) is 9.55 Å². The Labute approximate surface area is 126 Å². The predicted molar refractivity (Wildman–Crippen MR) is 81.8 cm³/mol. The Hall–Kier alpha value is -1.62. The molecule has 0 saturated heterocycles. The zero-order valence-corrected chi connectivity index (χ0v) is 13.4. The quantitative estimate of drug-likeness (QED) is 0.929. The van der Waals surface area contributed by atoms with Gasteiger partial charge < -0.3 is 9.67 Å². The average Bonchev–Trinajstić information content (AvgIpc) is 2.67. The molecule has 4 nitrogen and oxygen atoms in total. The number of carbonyl (C=O) groups is 1. The first-order valence-electron chi connectivity index (χ1n) is 6.40. The van der Waals surface area contributed by atoms with Gasteiger partial charge in [-0.25, -0.2) is 4.98 Å². The average molecular weight is 337 g/mol. The van der Waals surface area contributed by atoms with Gasteiger partial charge in [0.05, 0.1) is 12.1 Å². The van der Waals surface area contributed by atoms with Crippen molar-refractivity contribution in [2.24, 2.45) is 7.05 Å². The molecule has 0 atom stereocenters. The third-order valence-electron chi connectivity index (χ3n) is 3.49. The monoisotopic (exact) mass is 336 g/mol. The van der Waals surface area contributed by atoms with Crippen molar-refractivity contribution >= 4 is 21.9 Å². The standard InChI is InChI=1S/C15H17BrN2O2/c1-9-4-5-11(16)8-12(9)15-10(2)18(3)13(17-15)6-7-14(19)20/h4-5,8H,6-7H2,1-3H3,(H,19,20). The van der Waals surface area contributed by atoms with Gasteiger partial charge in [-0.1, -0.05) is 22.0 Å². The molecule has 0 saturated carbocycles. The molecule has 0 aliphatic carbocycles. The molecule has 0 radical (unpaired) electrons. The van der Waals surface area contributed by atoms with Crippen LogP contribution in [0.1, 0.15) is 23.5 Å². The Balaban J connectivity index is 2.45. The summed E-state index contributed by atoms with van der Waals surface area (Å²) in [4.78, 5) is 15.3. The maximum absolute atomic E-state index is 10.7. The maximum atomic E-state index is 10.7. The normalized spacial score (nSPS) is 10.8. The van der Waals surface area contributed by atoms with E-state index >= 15 is 0 Å². The number of aliphatic carboxylic acids is 1. The van der Waals surface area contributed by atoms with E-state index in [4.69, 9.17) is 5.11 Å². The van der Waals surface area contributed by atoms with Crippen molar-refractivity contribution in [3.05, 3.63) is 39.8 Å². The molecule has 1 aromatic heterocycles. The van der Waals surface area contributed by atoms with Crippen LogP contribution in [0.5, 0.6) is 0 Å². The highest BCUT2D eigenvalue weighted by Gasteiger charge is 2.15. The molecule has 1 heterocycles. The fraction of sp³-hybridized carbons (Fsp3) is 0.333. The highest BCUT2D eigenvalue weighted by atomic mass is 79.9. The predicted octanol–water partition coefficient (Wildman–Crippen LogP) is 3.48. The zero-order valence-electron chi connectivity index (χ0n) is 11.8. The molecular weight excluding hydrogens is 320 g/mol. The number of carboxylic acid groups (broad SMARTS) is 1. The van der Waals surface area contributed by atoms with Gasteiger partial charge in [0.15, 0.2) is 0 Å². The molecule has 0 spiro atoms. The van der Waals surface area contributed by atoms with E-state index in [9.17, 15) is 4.79 Å². The summed E-state index contributed by atoms with van der Waals surface area (Å²) in [6.07, 6.45) is 0.543. The first-order chi connectivity index (χ1) is 9.40. The van der Waals surface area contributed by atoms with Crippen LogP contribution in [0, 0.1) is 13.8 Å². The molecule has 5 heteroatoms. The van der Waals surface area contributed by atoms with Gasteiger partial charge in [0.2, 0.25) is 0 Å². The first-order valence-corrected chi connectivity index (χ1v) is 7.20. The largest absolute Gasteiger partial charge is 0.481 e. The Kier molecular flexibility index (Phi) is 4.28. The lowest BCUT2D eigenvalue weighted by Crippen LogP contribution is -2.03. The Morgan fingerprint density at radius 3 is 2.75 bits per heavy atom. The molecule has 0 bridgehead atoms. The molecule has 1 N–H and O–H groups in total. The summed E-state index contributed by atoms with van der Waals surface area (Å²) in [7, 11) is 1.93. The summed E-state index contributed by atoms with van der Waals surface area (Å²) in [6, 6.07) is 6.10. The number of aromatic nitrogens is 2. The topological polar surface area (TPSA) is 55.1 Å². The Bertz CT molecular complexity index is 662. The number of imidazole rings is 1. The second-order valence-corrected chi connectivity index (χ2v) is 5.79. The van der Waals surface area contributed by atoms with Crippen molar-refractivity contribution < 1.29 is 9.90 Å². The van der Waals surface area contributed by atoms with E-state index in [-0.39, 0.29) is 6.42 Å². The van der Waals surface area contributed by atoms with Gasteiger partial charge in [0.1, 0.15) is 5.82 Å². The number of nitrogens with zero attached hydrogens (tertiary/aromatic N) is 2. The third-order valence-corrected chi connectivity index (χ3v) is 3.98. The van der Waals surface area contributed by atoms with Crippen molar-refractivity contribution in [1.29, 1.82) is 0 Å². The molecule has 0 unspecified atom stereocenters. The summed E-state index contributed by atoms with van der Waals surface area (Å²) in [5.74, 6) is 0.00474. The zero-order chi connectivity index (χ0) is 14.9. The molecule has 0 amide bonds. The summed E-state index contributed by atoms with van der Waals surface area (Å²) >= 11 is 3.48. The molecule has 106 valence electrons. The summed E-state index contributed by atoms with van der Waals surface area (Å²) < 4.78 is 2.98. The number of hydrogen-bond acceptors (Lipinski definition) is 2. The van der Waals surface area contributed by atoms with Crippen LogP contribution in [-0.4, -0.2) is 20.6 Å². The number of rotatable bonds is 4. The van der Waals surface area contributed by atoms with E-state index < -0.39 is 5.97 Å². The van der Waals surface area contributed by atoms with E-state index in [0.29, 0.717) is 6.42 Å². The minimum absolute atomic E-state index is 0.0984. The fourth-order valence-electron chi connectivity index (χ4n) is 2.18. The van der Waals surface area contributed by atoms with Gasteiger partial charge in [0.25, 0.3) is 0 Å². The molecular formula is C15H17BrN2O2. The number of carboxylic acids is 1. The maximum Gasteiger partial charge on any atom is 0.303 e. The van der Waals surface area contributed by atoms with E-state index in [2.05, 4.69) is 20.9 Å². The smallest absolute Gasteiger partial charge is 0.303 e. The van der Waals surface area contributed by atoms with Crippen LogP contribution < -0.4 is 0 Å². The van der Waals surface area contributed by atoms with Crippen molar-refractivity contribution in [2.75, 3.05) is 0 Å². The lowest BCUT2D eigenvalue weighted by Gasteiger charge is -2.05. The summed E-state index contributed by atoms with van der Waals surface area (Å²) in [5, 5.41) is 8.80. The second-order valence-electron chi connectivity index (χ2n) is 4.87. The lowest BCUT2D eigenvalue weighted by atomic mass is 10.0. The molecule has 1 aromatic carbocycles. The Morgan fingerprint density at radius 1 is 1.40 bits per heavy atom. The van der Waals surface area contributed by atoms with E-state index in [1.54, 1.807) is 0 Å². The molecule has 2 aromatic rings. The summed E-state index contributed by atoms with van der Waals surface area (Å²) in [6.45, 7) is 4.06. The van der Waals surface area contributed by atoms with Crippen LogP contribution >= 0.6 is 15.9 Å². The van der Waals surface area contributed by atoms with E-state index in [0.717, 1.165) is 32.8 Å². The van der Waals surface area contributed by atoms with Crippen LogP contribution in [0.25, 0.3) is 11.3 Å². The molecule has 0 aliphatic heterocycles. The van der Waals surface area contributed by atoms with E-state index in [1.807, 2.05) is 43.7 Å². The second kappa shape index (κ2) is 5.79. The minimum atomic E-state index is -0.800. The number of aryl methyl sites for hydroxylation is 2. The van der Waals surface area contributed by atoms with E-state index in [1.165, 1.54) is 0 Å². The lowest BCUT2D eigenvalue weighted by molar-refractivity contribution is -0.137. The number of benzene rings is 1. The number of halogens is 1. The van der Waals surface area contributed by atoms with Gasteiger partial charge in [-0.3, -0.25) is 4.79 Å². The van der Waals surface area contributed by atoms with Gasteiger partial charge >= 0.3 is 5.97 Å². The van der Waals surface area contributed by atoms with Crippen LogP contribution in [0.4, 0.5) is 0 Å². The molecule has 2 rings (SSSR count). The fourth-order valence-corrected chi connectivity index (χ4v) is 2.55. The van der Waals surface area contributed by atoms with Crippen molar-refractivity contribution in [3.63, 3.8) is 0 Å². The SMILES string of the molecule is Cc1ccc(Br)cc1-c1nc(CCC(=O)O)n(C)c1C. The highest BCUT2D eigenvalue weighted by Crippen LogP contribution is 2.29. The van der Waals surface area contributed by atoms with Gasteiger partial charge in [-0.2, -0.15) is 0 Å². The van der Waals surface area contributed by atoms with Gasteiger partial charge in [-0.15, -0.1) is 0 Å². The van der Waals surface area contributed by atoms with Crippen molar-refractivity contribution in [2.45, 2.75) is 26.7 Å². The summed E-state index contributed by atoms with van der Waals surface area (Å²) in [5.41, 5.74) is 4.20. The molecule has 0 fully saturated rings. The van der Waals surface area contributed by atoms with Gasteiger partial charge in [-0.05, 0) is 31.5 Å². The van der Waals surface area contributed by atoms with Crippen LogP contribution in [0.2, 0.25) is 0 Å². The van der Waals surface area contributed by atoms with Crippen molar-refractivity contribution in [3.8, 4) is 11.3 Å². The Morgan fingerprint density at radius 2 is 2.10 bits per heavy atom. The van der Waals surface area contributed by atoms with Crippen LogP contribution in [0.15, 0.2) is 22.7 Å². The first kappa shape index (κ1) is 14.8. The molecule has 0 aliphatic rings. The highest BCUT2D eigenvalue weighted by molar-refractivity contribution is 9.10. The van der Waals surface area contributed by atoms with Crippen LogP contribution in [-0.2, 0) is 18.3 Å². The number of hydrogen-bond donors (Lipinski definition) is 1. The van der Waals surface area contributed by atoms with Gasteiger partial charge in [0, 0.05) is 29.2 Å². The minimum Gasteiger partial charge on any atom is -0.481 e. The van der Waals surface area contributed by atoms with Crippen LogP contribution in [0.3, 0.4) is 0 Å². The molecule has 20 heavy (non-hydrogen) atoms. The third kappa shape index (κ3) is 2.93.